The number of carbonyl (C=O) groups is 2. The van der Waals surface area contributed by atoms with Gasteiger partial charge in [-0.1, -0.05) is 6.07 Å². The van der Waals surface area contributed by atoms with E-state index < -0.39 is 17.8 Å². The number of nitrogens with one attached hydrogen (secondary N) is 1. The van der Waals surface area contributed by atoms with Crippen LogP contribution in [-0.4, -0.2) is 35.6 Å². The normalized spacial score (nSPS) is 9.89. The highest BCUT2D eigenvalue weighted by molar-refractivity contribution is 5.89. The molecule has 1 aromatic rings. The minimum Gasteiger partial charge on any atom is -0.481 e. The van der Waals surface area contributed by atoms with Gasteiger partial charge in [-0.3, -0.25) is 4.79 Å². The Hall–Kier alpha value is -2.11. The van der Waals surface area contributed by atoms with E-state index in [9.17, 15) is 14.0 Å². The van der Waals surface area contributed by atoms with Crippen molar-refractivity contribution in [3.8, 4) is 0 Å². The maximum absolute atomic E-state index is 12.9. The number of hydrogen-bond donors (Lipinski definition) is 2. The Morgan fingerprint density at radius 1 is 1.44 bits per heavy atom. The van der Waals surface area contributed by atoms with Crippen LogP contribution in [0.2, 0.25) is 0 Å². The number of nitrogens with zero attached hydrogens (tertiary/aromatic N) is 1. The average Bonchev–Trinajstić information content (AvgIpc) is 2.28. The first-order valence-corrected chi connectivity index (χ1v) is 5.48. The molecule has 18 heavy (non-hydrogen) atoms. The fourth-order valence-corrected chi connectivity index (χ4v) is 1.35. The molecule has 0 radical (unpaired) electrons. The molecule has 1 aromatic carbocycles. The molecular formula is C12H15FN2O3. The standard InChI is InChI=1S/C12H15FN2O3/c1-15(7-3-6-11(16)17)12(18)14-10-5-2-4-9(13)8-10/h2,4-5,8H,3,6-7H2,1H3,(H,14,18)(H,16,17). The third-order valence-corrected chi connectivity index (χ3v) is 2.31. The molecule has 0 atom stereocenters. The molecule has 1 rings (SSSR count). The Morgan fingerprint density at radius 2 is 2.17 bits per heavy atom. The Balaban J connectivity index is 2.42. The fraction of sp³-hybridized carbons (Fsp3) is 0.333. The molecule has 6 heteroatoms. The Kier molecular flexibility index (Phi) is 5.10. The molecule has 0 unspecified atom stereocenters. The monoisotopic (exact) mass is 254 g/mol. The molecule has 2 amide bonds. The van der Waals surface area contributed by atoms with E-state index in [4.69, 9.17) is 5.11 Å². The van der Waals surface area contributed by atoms with Gasteiger partial charge in [-0.25, -0.2) is 9.18 Å². The maximum Gasteiger partial charge on any atom is 0.321 e. The van der Waals surface area contributed by atoms with Gasteiger partial charge in [-0.15, -0.1) is 0 Å². The van der Waals surface area contributed by atoms with Gasteiger partial charge in [0.25, 0.3) is 0 Å². The molecule has 0 aliphatic heterocycles. The molecule has 0 saturated heterocycles. The van der Waals surface area contributed by atoms with E-state index in [0.717, 1.165) is 0 Å². The van der Waals surface area contributed by atoms with Crippen LogP contribution < -0.4 is 5.32 Å². The molecule has 5 nitrogen and oxygen atoms in total. The summed E-state index contributed by atoms with van der Waals surface area (Å²) >= 11 is 0. The molecule has 0 aliphatic rings. The van der Waals surface area contributed by atoms with Crippen LogP contribution in [0.5, 0.6) is 0 Å². The zero-order valence-electron chi connectivity index (χ0n) is 10.0. The lowest BCUT2D eigenvalue weighted by molar-refractivity contribution is -0.137. The molecule has 98 valence electrons. The molecular weight excluding hydrogens is 239 g/mol. The number of carbonyl (C=O) groups excluding carboxylic acids is 1. The van der Waals surface area contributed by atoms with E-state index in [0.29, 0.717) is 18.7 Å². The van der Waals surface area contributed by atoms with Gasteiger partial charge < -0.3 is 15.3 Å². The van der Waals surface area contributed by atoms with Crippen LogP contribution in [0.25, 0.3) is 0 Å². The van der Waals surface area contributed by atoms with Crippen LogP contribution in [0.3, 0.4) is 0 Å². The minimum atomic E-state index is -0.895. The highest BCUT2D eigenvalue weighted by Gasteiger charge is 2.09. The first-order chi connectivity index (χ1) is 8.49. The number of halogens is 1. The number of urea groups is 1. The Bertz CT molecular complexity index is 437. The molecule has 0 aromatic heterocycles. The maximum atomic E-state index is 12.9. The van der Waals surface area contributed by atoms with Crippen LogP contribution in [0.4, 0.5) is 14.9 Å². The largest absolute Gasteiger partial charge is 0.481 e. The van der Waals surface area contributed by atoms with Crippen molar-refractivity contribution in [1.29, 1.82) is 0 Å². The summed E-state index contributed by atoms with van der Waals surface area (Å²) in [4.78, 5) is 23.3. The number of anilines is 1. The van der Waals surface area contributed by atoms with Crippen molar-refractivity contribution >= 4 is 17.7 Å². The number of benzene rings is 1. The summed E-state index contributed by atoms with van der Waals surface area (Å²) in [6.45, 7) is 0.327. The van der Waals surface area contributed by atoms with Crippen LogP contribution >= 0.6 is 0 Å². The second-order valence-corrected chi connectivity index (χ2v) is 3.86. The molecule has 0 fully saturated rings. The molecule has 2 N–H and O–H groups in total. The predicted molar refractivity (Wildman–Crippen MR) is 64.9 cm³/mol. The van der Waals surface area contributed by atoms with Crippen molar-refractivity contribution in [2.75, 3.05) is 18.9 Å². The van der Waals surface area contributed by atoms with Gasteiger partial charge in [-0.05, 0) is 24.6 Å². The van der Waals surface area contributed by atoms with Gasteiger partial charge in [0.05, 0.1) is 0 Å². The summed E-state index contributed by atoms with van der Waals surface area (Å²) in [7, 11) is 1.55. The summed E-state index contributed by atoms with van der Waals surface area (Å²) in [5, 5.41) is 11.0. The SMILES string of the molecule is CN(CCCC(=O)O)C(=O)Nc1cccc(F)c1. The Labute approximate surface area is 104 Å². The average molecular weight is 254 g/mol. The van der Waals surface area contributed by atoms with E-state index in [2.05, 4.69) is 5.32 Å². The molecule has 0 aliphatic carbocycles. The van der Waals surface area contributed by atoms with Gasteiger partial charge in [-0.2, -0.15) is 0 Å². The summed E-state index contributed by atoms with van der Waals surface area (Å²) in [5.41, 5.74) is 0.366. The van der Waals surface area contributed by atoms with Crippen molar-refractivity contribution in [1.82, 2.24) is 4.90 Å². The second-order valence-electron chi connectivity index (χ2n) is 3.86. The number of carboxylic acid groups (broad SMARTS) is 1. The molecule has 0 bridgehead atoms. The third kappa shape index (κ3) is 4.82. The van der Waals surface area contributed by atoms with Crippen LogP contribution in [0.15, 0.2) is 24.3 Å². The number of hydrogen-bond acceptors (Lipinski definition) is 2. The van der Waals surface area contributed by atoms with Crippen LogP contribution in [0.1, 0.15) is 12.8 Å². The minimum absolute atomic E-state index is 0.0115. The van der Waals surface area contributed by atoms with E-state index in [1.807, 2.05) is 0 Å². The number of carboxylic acids is 1. The first kappa shape index (κ1) is 14.0. The van der Waals surface area contributed by atoms with E-state index in [1.54, 1.807) is 13.1 Å². The van der Waals surface area contributed by atoms with Crippen molar-refractivity contribution in [2.45, 2.75) is 12.8 Å². The fourth-order valence-electron chi connectivity index (χ4n) is 1.35. The third-order valence-electron chi connectivity index (χ3n) is 2.31. The van der Waals surface area contributed by atoms with Crippen LogP contribution in [-0.2, 0) is 4.79 Å². The van der Waals surface area contributed by atoms with Gasteiger partial charge in [0, 0.05) is 25.7 Å². The highest BCUT2D eigenvalue weighted by atomic mass is 19.1. The van der Waals surface area contributed by atoms with Crippen molar-refractivity contribution in [3.63, 3.8) is 0 Å². The van der Waals surface area contributed by atoms with Crippen molar-refractivity contribution < 1.29 is 19.1 Å². The smallest absolute Gasteiger partial charge is 0.321 e. The molecule has 0 saturated carbocycles. The highest BCUT2D eigenvalue weighted by Crippen LogP contribution is 2.09. The lowest BCUT2D eigenvalue weighted by atomic mass is 10.3. The predicted octanol–water partition coefficient (Wildman–Crippen LogP) is 2.15. The molecule has 0 heterocycles. The van der Waals surface area contributed by atoms with Crippen LogP contribution in [0, 0.1) is 5.82 Å². The zero-order valence-corrected chi connectivity index (χ0v) is 10.0. The summed E-state index contributed by atoms with van der Waals surface area (Å²) in [5.74, 6) is -1.32. The van der Waals surface area contributed by atoms with E-state index in [-0.39, 0.29) is 6.42 Å². The summed E-state index contributed by atoms with van der Waals surface area (Å²) in [6.07, 6.45) is 0.389. The van der Waals surface area contributed by atoms with E-state index in [1.165, 1.54) is 23.1 Å². The lowest BCUT2D eigenvalue weighted by Gasteiger charge is -2.17. The zero-order chi connectivity index (χ0) is 13.5. The summed E-state index contributed by atoms with van der Waals surface area (Å²) in [6, 6.07) is 5.17. The van der Waals surface area contributed by atoms with Gasteiger partial charge >= 0.3 is 12.0 Å². The number of rotatable bonds is 5. The number of amides is 2. The number of aliphatic carboxylic acids is 1. The topological polar surface area (TPSA) is 69.6 Å². The molecule has 0 spiro atoms. The van der Waals surface area contributed by atoms with Gasteiger partial charge in [0.2, 0.25) is 0 Å². The lowest BCUT2D eigenvalue weighted by Crippen LogP contribution is -2.32. The van der Waals surface area contributed by atoms with Gasteiger partial charge in [0.15, 0.2) is 0 Å². The van der Waals surface area contributed by atoms with Gasteiger partial charge in [0.1, 0.15) is 5.82 Å². The van der Waals surface area contributed by atoms with Crippen molar-refractivity contribution in [3.05, 3.63) is 30.1 Å². The second kappa shape index (κ2) is 6.58. The van der Waals surface area contributed by atoms with Crippen molar-refractivity contribution in [2.24, 2.45) is 0 Å². The summed E-state index contributed by atoms with van der Waals surface area (Å²) < 4.78 is 12.9. The Morgan fingerprint density at radius 3 is 2.78 bits per heavy atom. The van der Waals surface area contributed by atoms with E-state index >= 15 is 0 Å². The quantitative estimate of drug-likeness (QED) is 0.845. The first-order valence-electron chi connectivity index (χ1n) is 5.48.